The third-order valence-corrected chi connectivity index (χ3v) is 3.70. The largest absolute Gasteiger partial charge is 0.481 e. The molecule has 110 valence electrons. The first-order valence-corrected chi connectivity index (χ1v) is 7.55. The van der Waals surface area contributed by atoms with E-state index in [1.807, 2.05) is 0 Å². The molecule has 7 heteroatoms. The Labute approximate surface area is 117 Å². The lowest BCUT2D eigenvalue weighted by Gasteiger charge is -2.16. The van der Waals surface area contributed by atoms with Crippen molar-refractivity contribution in [2.75, 3.05) is 5.75 Å². The SMILES string of the molecule is CC(=O)CC(OS(=O)(=O)CCC(=O)O)c1ccccc1. The lowest BCUT2D eigenvalue weighted by Crippen LogP contribution is -2.18. The second kappa shape index (κ2) is 7.16. The van der Waals surface area contributed by atoms with Gasteiger partial charge in [0, 0.05) is 6.42 Å². The monoisotopic (exact) mass is 300 g/mol. The van der Waals surface area contributed by atoms with E-state index in [1.165, 1.54) is 6.92 Å². The highest BCUT2D eigenvalue weighted by Crippen LogP contribution is 2.24. The summed E-state index contributed by atoms with van der Waals surface area (Å²) >= 11 is 0. The number of hydrogen-bond donors (Lipinski definition) is 1. The maximum absolute atomic E-state index is 11.7. The summed E-state index contributed by atoms with van der Waals surface area (Å²) in [5, 5.41) is 8.50. The van der Waals surface area contributed by atoms with E-state index < -0.39 is 34.4 Å². The molecule has 1 unspecified atom stereocenters. The van der Waals surface area contributed by atoms with Crippen molar-refractivity contribution in [2.45, 2.75) is 25.9 Å². The summed E-state index contributed by atoms with van der Waals surface area (Å²) in [5.41, 5.74) is 0.557. The topological polar surface area (TPSA) is 97.7 Å². The molecule has 0 spiro atoms. The van der Waals surface area contributed by atoms with E-state index in [9.17, 15) is 18.0 Å². The minimum absolute atomic E-state index is 0.0870. The van der Waals surface area contributed by atoms with Crippen molar-refractivity contribution in [1.29, 1.82) is 0 Å². The molecule has 0 heterocycles. The molecule has 0 aliphatic carbocycles. The molecule has 0 aromatic heterocycles. The maximum Gasteiger partial charge on any atom is 0.304 e. The van der Waals surface area contributed by atoms with Gasteiger partial charge >= 0.3 is 5.97 Å². The Bertz CT molecular complexity index is 564. The van der Waals surface area contributed by atoms with Gasteiger partial charge < -0.3 is 5.11 Å². The molecule has 0 fully saturated rings. The van der Waals surface area contributed by atoms with Gasteiger partial charge in [0.25, 0.3) is 10.1 Å². The van der Waals surface area contributed by atoms with E-state index in [0.717, 1.165) is 0 Å². The maximum atomic E-state index is 11.7. The Kier molecular flexibility index (Phi) is 5.84. The quantitative estimate of drug-likeness (QED) is 0.731. The Hall–Kier alpha value is -1.73. The summed E-state index contributed by atoms with van der Waals surface area (Å²) in [4.78, 5) is 21.6. The van der Waals surface area contributed by atoms with Gasteiger partial charge in [-0.1, -0.05) is 30.3 Å². The molecular formula is C13H16O6S. The lowest BCUT2D eigenvalue weighted by molar-refractivity contribution is -0.136. The molecule has 1 rings (SSSR count). The van der Waals surface area contributed by atoms with Gasteiger partial charge in [0.2, 0.25) is 0 Å². The minimum atomic E-state index is -4.00. The van der Waals surface area contributed by atoms with Crippen LogP contribution in [-0.2, 0) is 23.9 Å². The van der Waals surface area contributed by atoms with Gasteiger partial charge in [-0.05, 0) is 12.5 Å². The van der Waals surface area contributed by atoms with E-state index in [1.54, 1.807) is 30.3 Å². The highest BCUT2D eigenvalue weighted by Gasteiger charge is 2.23. The van der Waals surface area contributed by atoms with Crippen molar-refractivity contribution < 1.29 is 27.3 Å². The van der Waals surface area contributed by atoms with E-state index in [2.05, 4.69) is 0 Å². The predicted molar refractivity (Wildman–Crippen MR) is 71.6 cm³/mol. The zero-order valence-corrected chi connectivity index (χ0v) is 11.8. The van der Waals surface area contributed by atoms with Crippen LogP contribution in [0, 0.1) is 0 Å². The molecule has 0 aliphatic heterocycles. The van der Waals surface area contributed by atoms with Gasteiger partial charge in [-0.15, -0.1) is 0 Å². The summed E-state index contributed by atoms with van der Waals surface area (Å²) < 4.78 is 28.4. The molecule has 20 heavy (non-hydrogen) atoms. The summed E-state index contributed by atoms with van der Waals surface area (Å²) in [6.45, 7) is 1.34. The summed E-state index contributed by atoms with van der Waals surface area (Å²) in [7, 11) is -4.00. The third kappa shape index (κ3) is 5.94. The van der Waals surface area contributed by atoms with Crippen LogP contribution in [0.15, 0.2) is 30.3 Å². The minimum Gasteiger partial charge on any atom is -0.481 e. The Balaban J connectivity index is 2.85. The van der Waals surface area contributed by atoms with Crippen molar-refractivity contribution >= 4 is 21.9 Å². The van der Waals surface area contributed by atoms with E-state index in [0.29, 0.717) is 5.56 Å². The van der Waals surface area contributed by atoms with Gasteiger partial charge in [-0.2, -0.15) is 8.42 Å². The summed E-state index contributed by atoms with van der Waals surface area (Å²) in [6.07, 6.45) is -1.55. The lowest BCUT2D eigenvalue weighted by atomic mass is 10.1. The number of carboxylic acid groups (broad SMARTS) is 1. The van der Waals surface area contributed by atoms with Crippen LogP contribution in [0.3, 0.4) is 0 Å². The summed E-state index contributed by atoms with van der Waals surface area (Å²) in [5.74, 6) is -2.06. The zero-order chi connectivity index (χ0) is 15.2. The first-order chi connectivity index (χ1) is 9.30. The van der Waals surface area contributed by atoms with Gasteiger partial charge in [0.1, 0.15) is 11.9 Å². The van der Waals surface area contributed by atoms with Crippen molar-refractivity contribution in [3.05, 3.63) is 35.9 Å². The number of Topliss-reactive ketones (excluding diaryl/α,β-unsaturated/α-hetero) is 1. The number of carboxylic acids is 1. The van der Waals surface area contributed by atoms with Gasteiger partial charge in [-0.3, -0.25) is 13.8 Å². The molecule has 0 aliphatic rings. The molecule has 0 saturated carbocycles. The number of carbonyl (C=O) groups is 2. The van der Waals surface area contributed by atoms with Crippen LogP contribution in [0.1, 0.15) is 31.4 Å². The molecule has 0 bridgehead atoms. The Morgan fingerprint density at radius 1 is 1.25 bits per heavy atom. The molecule has 1 aromatic rings. The molecule has 6 nitrogen and oxygen atoms in total. The highest BCUT2D eigenvalue weighted by atomic mass is 32.2. The fourth-order valence-electron chi connectivity index (χ4n) is 1.57. The molecule has 0 saturated heterocycles. The van der Waals surface area contributed by atoms with Crippen LogP contribution in [-0.4, -0.2) is 31.0 Å². The Morgan fingerprint density at radius 2 is 1.85 bits per heavy atom. The average molecular weight is 300 g/mol. The van der Waals surface area contributed by atoms with Crippen LogP contribution >= 0.6 is 0 Å². The predicted octanol–water partition coefficient (Wildman–Crippen LogP) is 1.53. The normalized spacial score (nSPS) is 12.8. The first kappa shape index (κ1) is 16.3. The molecule has 0 amide bonds. The number of ketones is 1. The van der Waals surface area contributed by atoms with Gasteiger partial charge in [0.15, 0.2) is 0 Å². The standard InChI is InChI=1S/C13H16O6S/c1-10(14)9-12(11-5-3-2-4-6-11)19-20(17,18)8-7-13(15)16/h2-6,12H,7-9H2,1H3,(H,15,16). The number of hydrogen-bond acceptors (Lipinski definition) is 5. The van der Waals surface area contributed by atoms with Crippen LogP contribution < -0.4 is 0 Å². The van der Waals surface area contributed by atoms with Crippen LogP contribution in [0.5, 0.6) is 0 Å². The van der Waals surface area contributed by atoms with Crippen LogP contribution in [0.2, 0.25) is 0 Å². The fourth-order valence-corrected chi connectivity index (χ4v) is 2.63. The number of carbonyl (C=O) groups excluding carboxylic acids is 1. The van der Waals surface area contributed by atoms with E-state index >= 15 is 0 Å². The first-order valence-electron chi connectivity index (χ1n) is 5.97. The zero-order valence-electron chi connectivity index (χ0n) is 11.0. The highest BCUT2D eigenvalue weighted by molar-refractivity contribution is 7.86. The Morgan fingerprint density at radius 3 is 2.35 bits per heavy atom. The third-order valence-electron chi connectivity index (χ3n) is 2.47. The van der Waals surface area contributed by atoms with E-state index in [4.69, 9.17) is 9.29 Å². The fraction of sp³-hybridized carbons (Fsp3) is 0.385. The smallest absolute Gasteiger partial charge is 0.304 e. The second-order valence-corrected chi connectivity index (χ2v) is 6.02. The molecular weight excluding hydrogens is 284 g/mol. The number of aliphatic carboxylic acids is 1. The van der Waals surface area contributed by atoms with Crippen molar-refractivity contribution in [3.8, 4) is 0 Å². The second-order valence-electron chi connectivity index (χ2n) is 4.31. The van der Waals surface area contributed by atoms with Crippen LogP contribution in [0.4, 0.5) is 0 Å². The number of benzene rings is 1. The van der Waals surface area contributed by atoms with E-state index in [-0.39, 0.29) is 12.2 Å². The van der Waals surface area contributed by atoms with Crippen molar-refractivity contribution in [1.82, 2.24) is 0 Å². The number of rotatable bonds is 8. The average Bonchev–Trinajstić information content (AvgIpc) is 2.36. The van der Waals surface area contributed by atoms with Gasteiger partial charge in [-0.25, -0.2) is 0 Å². The van der Waals surface area contributed by atoms with Gasteiger partial charge in [0.05, 0.1) is 12.2 Å². The van der Waals surface area contributed by atoms with Crippen LogP contribution in [0.25, 0.3) is 0 Å². The summed E-state index contributed by atoms with van der Waals surface area (Å²) in [6, 6.07) is 8.47. The van der Waals surface area contributed by atoms with Crippen molar-refractivity contribution in [2.24, 2.45) is 0 Å². The van der Waals surface area contributed by atoms with Crippen molar-refractivity contribution in [3.63, 3.8) is 0 Å². The molecule has 0 radical (unpaired) electrons. The molecule has 1 atom stereocenters. The molecule has 1 N–H and O–H groups in total. The molecule has 1 aromatic carbocycles.